The molecule has 0 radical (unpaired) electrons. The molecule has 0 aromatic heterocycles. The molecule has 3 aliphatic rings. The Morgan fingerprint density at radius 2 is 1.23 bits per heavy atom. The number of benzene rings is 1. The fourth-order valence-corrected chi connectivity index (χ4v) is 3.64. The highest BCUT2D eigenvalue weighted by Gasteiger charge is 2.14. The zero-order valence-electron chi connectivity index (χ0n) is 15.2. The minimum Gasteiger partial charge on any atom is -0.362 e. The monoisotopic (exact) mass is 342 g/mol. The highest BCUT2D eigenvalue weighted by atomic mass is 14.9. The summed E-state index contributed by atoms with van der Waals surface area (Å²) >= 11 is 0. The van der Waals surface area contributed by atoms with Crippen molar-refractivity contribution in [2.75, 3.05) is 5.32 Å². The molecule has 4 rings (SSSR count). The van der Waals surface area contributed by atoms with Gasteiger partial charge in [-0.15, -0.1) is 0 Å². The SMILES string of the molecule is C1=CCCC(NC2=CC=C(C3=CC=C(Nc4ccccc4)CC3)CC2)=C1. The van der Waals surface area contributed by atoms with Gasteiger partial charge in [0.05, 0.1) is 0 Å². The Morgan fingerprint density at radius 3 is 1.81 bits per heavy atom. The van der Waals surface area contributed by atoms with Crippen LogP contribution in [0.5, 0.6) is 0 Å². The summed E-state index contributed by atoms with van der Waals surface area (Å²) in [5.41, 5.74) is 8.12. The smallest absolute Gasteiger partial charge is 0.0381 e. The van der Waals surface area contributed by atoms with Gasteiger partial charge in [0.25, 0.3) is 0 Å². The van der Waals surface area contributed by atoms with Crippen LogP contribution in [0.25, 0.3) is 0 Å². The Hall–Kier alpha value is -2.74. The van der Waals surface area contributed by atoms with Gasteiger partial charge in [0.2, 0.25) is 0 Å². The van der Waals surface area contributed by atoms with Gasteiger partial charge in [0.15, 0.2) is 0 Å². The second kappa shape index (κ2) is 8.09. The first-order valence-corrected chi connectivity index (χ1v) is 9.61. The lowest BCUT2D eigenvalue weighted by Gasteiger charge is -2.22. The fraction of sp³-hybridized carbons (Fsp3) is 0.250. The molecule has 0 aliphatic heterocycles. The van der Waals surface area contributed by atoms with E-state index in [1.54, 1.807) is 0 Å². The van der Waals surface area contributed by atoms with Crippen LogP contribution < -0.4 is 10.6 Å². The number of hydrogen-bond donors (Lipinski definition) is 2. The molecule has 0 saturated heterocycles. The highest BCUT2D eigenvalue weighted by molar-refractivity contribution is 5.51. The van der Waals surface area contributed by atoms with Gasteiger partial charge >= 0.3 is 0 Å². The normalized spacial score (nSPS) is 19.6. The lowest BCUT2D eigenvalue weighted by atomic mass is 9.89. The van der Waals surface area contributed by atoms with Crippen molar-refractivity contribution in [2.45, 2.75) is 38.5 Å². The number of allylic oxidation sites excluding steroid dienone is 12. The largest absolute Gasteiger partial charge is 0.362 e. The standard InChI is InChI=1S/C24H26N2/c1-3-7-21(8-4-1)25-23-15-11-19(12-16-23)20-13-17-24(18-14-20)26-22-9-5-2-6-10-22/h1-5,7-9,11,13,15,17,25-26H,6,10,12,14,16,18H2. The van der Waals surface area contributed by atoms with E-state index in [0.717, 1.165) is 44.2 Å². The maximum atomic E-state index is 3.60. The summed E-state index contributed by atoms with van der Waals surface area (Å²) in [5, 5.41) is 7.12. The van der Waals surface area contributed by atoms with Gasteiger partial charge in [-0.1, -0.05) is 42.5 Å². The molecule has 0 saturated carbocycles. The first-order valence-electron chi connectivity index (χ1n) is 9.61. The lowest BCUT2D eigenvalue weighted by Crippen LogP contribution is -2.15. The van der Waals surface area contributed by atoms with E-state index in [4.69, 9.17) is 0 Å². The van der Waals surface area contributed by atoms with Crippen molar-refractivity contribution in [1.29, 1.82) is 0 Å². The topological polar surface area (TPSA) is 24.1 Å². The summed E-state index contributed by atoms with van der Waals surface area (Å²) in [6.07, 6.45) is 22.4. The van der Waals surface area contributed by atoms with Crippen molar-refractivity contribution >= 4 is 5.69 Å². The first kappa shape index (κ1) is 16.7. The van der Waals surface area contributed by atoms with E-state index >= 15 is 0 Å². The summed E-state index contributed by atoms with van der Waals surface area (Å²) in [7, 11) is 0. The van der Waals surface area contributed by atoms with Crippen LogP contribution in [0.15, 0.2) is 101 Å². The molecule has 2 N–H and O–H groups in total. The van der Waals surface area contributed by atoms with Crippen LogP contribution in [0.1, 0.15) is 38.5 Å². The first-order chi connectivity index (χ1) is 12.9. The van der Waals surface area contributed by atoms with E-state index in [2.05, 4.69) is 77.4 Å². The second-order valence-electron chi connectivity index (χ2n) is 7.04. The summed E-state index contributed by atoms with van der Waals surface area (Å²) in [5.74, 6) is 0. The van der Waals surface area contributed by atoms with Gasteiger partial charge in [0.1, 0.15) is 0 Å². The lowest BCUT2D eigenvalue weighted by molar-refractivity contribution is 0.763. The third-order valence-corrected chi connectivity index (χ3v) is 5.12. The molecule has 0 atom stereocenters. The van der Waals surface area contributed by atoms with Crippen molar-refractivity contribution in [3.05, 3.63) is 101 Å². The molecule has 1 aromatic rings. The number of rotatable bonds is 5. The Kier molecular flexibility index (Phi) is 5.20. The molecule has 0 bridgehead atoms. The summed E-state index contributed by atoms with van der Waals surface area (Å²) < 4.78 is 0. The molecule has 2 heteroatoms. The Morgan fingerprint density at radius 1 is 0.577 bits per heavy atom. The molecule has 132 valence electrons. The predicted octanol–water partition coefficient (Wildman–Crippen LogP) is 6.13. The summed E-state index contributed by atoms with van der Waals surface area (Å²) in [6.45, 7) is 0. The van der Waals surface area contributed by atoms with Crippen LogP contribution in [0, 0.1) is 0 Å². The van der Waals surface area contributed by atoms with Crippen molar-refractivity contribution in [3.8, 4) is 0 Å². The van der Waals surface area contributed by atoms with Gasteiger partial charge in [-0.25, -0.2) is 0 Å². The third kappa shape index (κ3) is 4.26. The number of anilines is 1. The molecule has 26 heavy (non-hydrogen) atoms. The van der Waals surface area contributed by atoms with Crippen LogP contribution in [-0.2, 0) is 0 Å². The molecule has 0 unspecified atom stereocenters. The van der Waals surface area contributed by atoms with Crippen molar-refractivity contribution in [1.82, 2.24) is 5.32 Å². The summed E-state index contributed by atoms with van der Waals surface area (Å²) in [6, 6.07) is 10.4. The average Bonchev–Trinajstić information content (AvgIpc) is 2.71. The Bertz CT molecular complexity index is 832. The Balaban J connectivity index is 1.39. The molecule has 3 aliphatic carbocycles. The number of para-hydroxylation sites is 1. The van der Waals surface area contributed by atoms with Crippen LogP contribution in [0.3, 0.4) is 0 Å². The maximum Gasteiger partial charge on any atom is 0.0381 e. The maximum absolute atomic E-state index is 3.60. The van der Waals surface area contributed by atoms with Crippen LogP contribution in [-0.4, -0.2) is 0 Å². The fourth-order valence-electron chi connectivity index (χ4n) is 3.64. The van der Waals surface area contributed by atoms with E-state index in [1.807, 2.05) is 6.07 Å². The summed E-state index contributed by atoms with van der Waals surface area (Å²) in [4.78, 5) is 0. The molecular formula is C24H26N2. The molecule has 1 aromatic carbocycles. The molecule has 0 amide bonds. The van der Waals surface area contributed by atoms with Gasteiger partial charge in [-0.2, -0.15) is 0 Å². The number of nitrogens with one attached hydrogen (secondary N) is 2. The van der Waals surface area contributed by atoms with Crippen molar-refractivity contribution < 1.29 is 0 Å². The van der Waals surface area contributed by atoms with E-state index in [-0.39, 0.29) is 0 Å². The van der Waals surface area contributed by atoms with E-state index in [0.29, 0.717) is 0 Å². The highest BCUT2D eigenvalue weighted by Crippen LogP contribution is 2.30. The van der Waals surface area contributed by atoms with E-state index in [1.165, 1.54) is 28.2 Å². The quantitative estimate of drug-likeness (QED) is 0.672. The minimum absolute atomic E-state index is 1.08. The molecule has 2 nitrogen and oxygen atoms in total. The molecule has 0 heterocycles. The van der Waals surface area contributed by atoms with Crippen molar-refractivity contribution in [3.63, 3.8) is 0 Å². The predicted molar refractivity (Wildman–Crippen MR) is 110 cm³/mol. The number of hydrogen-bond acceptors (Lipinski definition) is 2. The van der Waals surface area contributed by atoms with Crippen molar-refractivity contribution in [2.24, 2.45) is 0 Å². The van der Waals surface area contributed by atoms with Crippen LogP contribution in [0.4, 0.5) is 5.69 Å². The zero-order chi connectivity index (χ0) is 17.6. The van der Waals surface area contributed by atoms with E-state index < -0.39 is 0 Å². The van der Waals surface area contributed by atoms with Gasteiger partial charge in [0, 0.05) is 22.8 Å². The van der Waals surface area contributed by atoms with Crippen LogP contribution in [0.2, 0.25) is 0 Å². The minimum atomic E-state index is 1.08. The second-order valence-corrected chi connectivity index (χ2v) is 7.04. The molecule has 0 fully saturated rings. The van der Waals surface area contributed by atoms with Gasteiger partial charge in [-0.05, 0) is 80.0 Å². The van der Waals surface area contributed by atoms with Gasteiger partial charge in [-0.3, -0.25) is 0 Å². The van der Waals surface area contributed by atoms with E-state index in [9.17, 15) is 0 Å². The average molecular weight is 342 g/mol. The van der Waals surface area contributed by atoms with Gasteiger partial charge < -0.3 is 10.6 Å². The third-order valence-electron chi connectivity index (χ3n) is 5.12. The Labute approximate surface area is 156 Å². The molecule has 0 spiro atoms. The zero-order valence-corrected chi connectivity index (χ0v) is 15.2. The van der Waals surface area contributed by atoms with Crippen LogP contribution >= 0.6 is 0 Å². The molecular weight excluding hydrogens is 316 g/mol.